The van der Waals surface area contributed by atoms with E-state index in [1.54, 1.807) is 23.0 Å². The van der Waals surface area contributed by atoms with Crippen molar-refractivity contribution in [1.29, 1.82) is 0 Å². The zero-order chi connectivity index (χ0) is 18.7. The molecule has 1 atom stereocenters. The summed E-state index contributed by atoms with van der Waals surface area (Å²) in [7, 11) is 0. The molecule has 3 rings (SSSR count). The van der Waals surface area contributed by atoms with Gasteiger partial charge < -0.3 is 16.2 Å². The van der Waals surface area contributed by atoms with Crippen molar-refractivity contribution in [2.24, 2.45) is 0 Å². The third-order valence-corrected chi connectivity index (χ3v) is 3.81. The minimum atomic E-state index is -0.992. The summed E-state index contributed by atoms with van der Waals surface area (Å²) in [5.74, 6) is -1.44. The van der Waals surface area contributed by atoms with E-state index in [4.69, 9.17) is 10.8 Å². The number of hydrogen-bond donors (Lipinski definition) is 3. The van der Waals surface area contributed by atoms with Gasteiger partial charge in [-0.3, -0.25) is 9.48 Å². The molecule has 2 aromatic heterocycles. The number of rotatable bonds is 5. The highest BCUT2D eigenvalue weighted by molar-refractivity contribution is 6.05. The fourth-order valence-corrected chi connectivity index (χ4v) is 2.41. The maximum absolute atomic E-state index is 12.2. The van der Waals surface area contributed by atoms with Crippen molar-refractivity contribution in [3.63, 3.8) is 0 Å². The second-order valence-electron chi connectivity index (χ2n) is 5.56. The lowest BCUT2D eigenvalue weighted by molar-refractivity contribution is 0.0696. The normalized spacial score (nSPS) is 11.7. The number of carboxylic acids is 1. The van der Waals surface area contributed by atoms with Gasteiger partial charge >= 0.3 is 5.97 Å². The average molecular weight is 352 g/mol. The van der Waals surface area contributed by atoms with E-state index in [2.05, 4.69) is 20.4 Å². The number of carbonyl (C=O) groups is 2. The van der Waals surface area contributed by atoms with Crippen molar-refractivity contribution in [2.75, 3.05) is 11.1 Å². The van der Waals surface area contributed by atoms with Crippen LogP contribution in [0, 0.1) is 0 Å². The number of amides is 1. The number of nitrogens with one attached hydrogen (secondary N) is 1. The first-order chi connectivity index (χ1) is 12.5. The van der Waals surface area contributed by atoms with Gasteiger partial charge in [-0.1, -0.05) is 12.1 Å². The fourth-order valence-electron chi connectivity index (χ4n) is 2.41. The second-order valence-corrected chi connectivity index (χ2v) is 5.56. The molecular formula is C17H16N6O3. The molecular weight excluding hydrogens is 336 g/mol. The molecule has 2 heterocycles. The Kier molecular flexibility index (Phi) is 4.61. The van der Waals surface area contributed by atoms with Crippen LogP contribution in [0.4, 0.5) is 11.5 Å². The number of nitrogen functional groups attached to an aromatic ring is 1. The van der Waals surface area contributed by atoms with Gasteiger partial charge in [0.05, 0.1) is 23.5 Å². The number of benzene rings is 1. The monoisotopic (exact) mass is 352 g/mol. The van der Waals surface area contributed by atoms with Crippen LogP contribution < -0.4 is 11.1 Å². The van der Waals surface area contributed by atoms with Crippen molar-refractivity contribution >= 4 is 23.4 Å². The van der Waals surface area contributed by atoms with Crippen molar-refractivity contribution < 1.29 is 14.7 Å². The minimum Gasteiger partial charge on any atom is -0.478 e. The molecule has 26 heavy (non-hydrogen) atoms. The van der Waals surface area contributed by atoms with Crippen LogP contribution in [0.5, 0.6) is 0 Å². The first kappa shape index (κ1) is 17.1. The highest BCUT2D eigenvalue weighted by atomic mass is 16.4. The Labute approximate surface area is 148 Å². The molecule has 0 aliphatic carbocycles. The van der Waals surface area contributed by atoms with E-state index in [1.807, 2.05) is 13.0 Å². The van der Waals surface area contributed by atoms with Crippen LogP contribution in [0.3, 0.4) is 0 Å². The van der Waals surface area contributed by atoms with E-state index < -0.39 is 11.9 Å². The van der Waals surface area contributed by atoms with Gasteiger partial charge in [-0.2, -0.15) is 5.10 Å². The zero-order valence-electron chi connectivity index (χ0n) is 13.8. The standard InChI is InChI=1S/C17H16N6O3/c1-10(11-3-2-4-12(7-11)17(25)26)23-9-13(8-21-23)22-16(24)14-15(18)20-6-5-19-14/h2-10H,1H3,(H2,18,20)(H,22,24)(H,25,26). The molecule has 9 heteroatoms. The Morgan fingerprint density at radius 3 is 2.77 bits per heavy atom. The molecule has 0 fully saturated rings. The number of carboxylic acid groups (broad SMARTS) is 1. The molecule has 9 nitrogen and oxygen atoms in total. The number of anilines is 2. The maximum atomic E-state index is 12.2. The van der Waals surface area contributed by atoms with Gasteiger partial charge in [-0.15, -0.1) is 0 Å². The van der Waals surface area contributed by atoms with E-state index in [9.17, 15) is 9.59 Å². The highest BCUT2D eigenvalue weighted by Gasteiger charge is 2.15. The van der Waals surface area contributed by atoms with E-state index in [1.165, 1.54) is 24.7 Å². The average Bonchev–Trinajstić information content (AvgIpc) is 3.10. The molecule has 0 aliphatic rings. The van der Waals surface area contributed by atoms with Crippen LogP contribution in [0.2, 0.25) is 0 Å². The van der Waals surface area contributed by atoms with Gasteiger partial charge in [0, 0.05) is 18.6 Å². The molecule has 3 aromatic rings. The van der Waals surface area contributed by atoms with Gasteiger partial charge in [0.2, 0.25) is 0 Å². The van der Waals surface area contributed by atoms with E-state index in [-0.39, 0.29) is 23.1 Å². The Hall–Kier alpha value is -3.75. The number of nitrogens with two attached hydrogens (primary N) is 1. The van der Waals surface area contributed by atoms with Crippen molar-refractivity contribution in [3.05, 3.63) is 65.9 Å². The molecule has 0 bridgehead atoms. The van der Waals surface area contributed by atoms with Gasteiger partial charge in [-0.05, 0) is 24.6 Å². The molecule has 0 aliphatic heterocycles. The molecule has 1 aromatic carbocycles. The molecule has 1 unspecified atom stereocenters. The van der Waals surface area contributed by atoms with Crippen molar-refractivity contribution in [2.45, 2.75) is 13.0 Å². The van der Waals surface area contributed by atoms with E-state index in [0.29, 0.717) is 5.69 Å². The molecule has 1 amide bonds. The zero-order valence-corrected chi connectivity index (χ0v) is 13.8. The Morgan fingerprint density at radius 1 is 1.27 bits per heavy atom. The topological polar surface area (TPSA) is 136 Å². The second kappa shape index (κ2) is 7.01. The number of hydrogen-bond acceptors (Lipinski definition) is 6. The third-order valence-electron chi connectivity index (χ3n) is 3.81. The summed E-state index contributed by atoms with van der Waals surface area (Å²) in [5, 5.41) is 16.0. The van der Waals surface area contributed by atoms with Crippen LogP contribution in [0.1, 0.15) is 39.4 Å². The lowest BCUT2D eigenvalue weighted by Crippen LogP contribution is -2.16. The van der Waals surface area contributed by atoms with Gasteiger partial charge in [-0.25, -0.2) is 14.8 Å². The van der Waals surface area contributed by atoms with Gasteiger partial charge in [0.25, 0.3) is 5.91 Å². The summed E-state index contributed by atoms with van der Waals surface area (Å²) in [4.78, 5) is 31.0. The quantitative estimate of drug-likeness (QED) is 0.637. The van der Waals surface area contributed by atoms with E-state index >= 15 is 0 Å². The summed E-state index contributed by atoms with van der Waals surface area (Å²) in [6.07, 6.45) is 5.91. The third kappa shape index (κ3) is 3.51. The summed E-state index contributed by atoms with van der Waals surface area (Å²) in [5.41, 5.74) is 7.11. The number of aromatic nitrogens is 4. The van der Waals surface area contributed by atoms with Crippen LogP contribution in [-0.4, -0.2) is 36.7 Å². The number of carbonyl (C=O) groups excluding carboxylic acids is 1. The predicted octanol–water partition coefficient (Wildman–Crippen LogP) is 1.82. The summed E-state index contributed by atoms with van der Waals surface area (Å²) in [6, 6.07) is 6.39. The Balaban J connectivity index is 1.77. The van der Waals surface area contributed by atoms with Crippen LogP contribution in [0.15, 0.2) is 49.1 Å². The lowest BCUT2D eigenvalue weighted by Gasteiger charge is -2.13. The van der Waals surface area contributed by atoms with Crippen LogP contribution in [-0.2, 0) is 0 Å². The Bertz CT molecular complexity index is 968. The van der Waals surface area contributed by atoms with Crippen LogP contribution >= 0.6 is 0 Å². The largest absolute Gasteiger partial charge is 0.478 e. The predicted molar refractivity (Wildman–Crippen MR) is 93.8 cm³/mol. The van der Waals surface area contributed by atoms with E-state index in [0.717, 1.165) is 5.56 Å². The smallest absolute Gasteiger partial charge is 0.335 e. The number of aromatic carboxylic acids is 1. The number of nitrogens with zero attached hydrogens (tertiary/aromatic N) is 4. The van der Waals surface area contributed by atoms with Crippen molar-refractivity contribution in [1.82, 2.24) is 19.7 Å². The van der Waals surface area contributed by atoms with Crippen molar-refractivity contribution in [3.8, 4) is 0 Å². The minimum absolute atomic E-state index is 0.0301. The van der Waals surface area contributed by atoms with Crippen LogP contribution in [0.25, 0.3) is 0 Å². The summed E-state index contributed by atoms with van der Waals surface area (Å²) in [6.45, 7) is 1.88. The summed E-state index contributed by atoms with van der Waals surface area (Å²) >= 11 is 0. The maximum Gasteiger partial charge on any atom is 0.335 e. The Morgan fingerprint density at radius 2 is 2.04 bits per heavy atom. The molecule has 4 N–H and O–H groups in total. The van der Waals surface area contributed by atoms with Gasteiger partial charge in [0.15, 0.2) is 11.5 Å². The highest BCUT2D eigenvalue weighted by Crippen LogP contribution is 2.20. The molecule has 132 valence electrons. The molecule has 0 saturated heterocycles. The summed E-state index contributed by atoms with van der Waals surface area (Å²) < 4.78 is 1.62. The SMILES string of the molecule is CC(c1cccc(C(=O)O)c1)n1cc(NC(=O)c2nccnc2N)cn1. The van der Waals surface area contributed by atoms with Gasteiger partial charge in [0.1, 0.15) is 0 Å². The first-order valence-electron chi connectivity index (χ1n) is 7.71. The fraction of sp³-hybridized carbons (Fsp3) is 0.118. The first-order valence-corrected chi connectivity index (χ1v) is 7.71. The molecule has 0 spiro atoms. The lowest BCUT2D eigenvalue weighted by atomic mass is 10.1. The molecule has 0 radical (unpaired) electrons. The molecule has 0 saturated carbocycles.